The van der Waals surface area contributed by atoms with E-state index in [9.17, 15) is 14.4 Å². The number of rotatable bonds is 10. The molecular formula is C15H26N2O4. The maximum Gasteiger partial charge on any atom is 0.333 e. The van der Waals surface area contributed by atoms with Crippen molar-refractivity contribution in [2.24, 2.45) is 0 Å². The van der Waals surface area contributed by atoms with E-state index in [2.05, 4.69) is 11.9 Å². The minimum Gasteiger partial charge on any atom is -0.462 e. The Hall–Kier alpha value is -1.85. The standard InChI is InChI=1S/C15H26N2O4/c1-12(2)15(20)21-11-7-5-6-9-17(14(4)19)10-8-16-13(3)18/h1,5-11H2,2-4H3,(H,16,18). The second-order valence-corrected chi connectivity index (χ2v) is 4.97. The smallest absolute Gasteiger partial charge is 0.333 e. The number of amides is 2. The summed E-state index contributed by atoms with van der Waals surface area (Å²) in [5, 5.41) is 2.67. The third-order valence-corrected chi connectivity index (χ3v) is 2.85. The van der Waals surface area contributed by atoms with Gasteiger partial charge < -0.3 is 15.0 Å². The van der Waals surface area contributed by atoms with Gasteiger partial charge in [0.15, 0.2) is 0 Å². The first-order valence-electron chi connectivity index (χ1n) is 7.17. The number of carbonyl (C=O) groups excluding carboxylic acids is 3. The molecule has 0 aromatic heterocycles. The Kier molecular flexibility index (Phi) is 9.92. The van der Waals surface area contributed by atoms with Gasteiger partial charge in [-0.3, -0.25) is 9.59 Å². The predicted molar refractivity (Wildman–Crippen MR) is 80.6 cm³/mol. The van der Waals surface area contributed by atoms with Crippen molar-refractivity contribution in [1.29, 1.82) is 0 Å². The van der Waals surface area contributed by atoms with Crippen LogP contribution in [0.1, 0.15) is 40.0 Å². The molecule has 0 aliphatic carbocycles. The minimum atomic E-state index is -0.365. The molecule has 0 aliphatic heterocycles. The predicted octanol–water partition coefficient (Wildman–Crippen LogP) is 1.26. The van der Waals surface area contributed by atoms with Crippen LogP contribution in [0, 0.1) is 0 Å². The van der Waals surface area contributed by atoms with Crippen LogP contribution >= 0.6 is 0 Å². The zero-order valence-corrected chi connectivity index (χ0v) is 13.2. The second-order valence-electron chi connectivity index (χ2n) is 4.97. The molecule has 6 heteroatoms. The van der Waals surface area contributed by atoms with Crippen LogP contribution in [0.3, 0.4) is 0 Å². The van der Waals surface area contributed by atoms with E-state index < -0.39 is 0 Å². The van der Waals surface area contributed by atoms with Crippen LogP contribution < -0.4 is 5.32 Å². The molecule has 0 fully saturated rings. The lowest BCUT2D eigenvalue weighted by Gasteiger charge is -2.21. The molecule has 0 bridgehead atoms. The average molecular weight is 298 g/mol. The molecule has 2 amide bonds. The van der Waals surface area contributed by atoms with Crippen LogP contribution in [0.5, 0.6) is 0 Å². The van der Waals surface area contributed by atoms with Crippen molar-refractivity contribution >= 4 is 17.8 Å². The molecule has 6 nitrogen and oxygen atoms in total. The molecule has 0 rings (SSSR count). The Labute approximate surface area is 126 Å². The van der Waals surface area contributed by atoms with Gasteiger partial charge in [-0.15, -0.1) is 0 Å². The normalized spacial score (nSPS) is 9.86. The maximum absolute atomic E-state index is 11.4. The Bertz CT molecular complexity index is 380. The highest BCUT2D eigenvalue weighted by molar-refractivity contribution is 5.86. The summed E-state index contributed by atoms with van der Waals surface area (Å²) in [4.78, 5) is 35.0. The van der Waals surface area contributed by atoms with E-state index >= 15 is 0 Å². The lowest BCUT2D eigenvalue weighted by Crippen LogP contribution is -2.37. The van der Waals surface area contributed by atoms with E-state index in [0.717, 1.165) is 19.3 Å². The van der Waals surface area contributed by atoms with E-state index in [1.54, 1.807) is 11.8 Å². The van der Waals surface area contributed by atoms with Crippen molar-refractivity contribution < 1.29 is 19.1 Å². The van der Waals surface area contributed by atoms with Crippen LogP contribution in [-0.2, 0) is 19.1 Å². The fourth-order valence-corrected chi connectivity index (χ4v) is 1.66. The average Bonchev–Trinajstić information content (AvgIpc) is 2.39. The summed E-state index contributed by atoms with van der Waals surface area (Å²) in [6.07, 6.45) is 2.47. The highest BCUT2D eigenvalue weighted by Gasteiger charge is 2.08. The molecule has 0 unspecified atom stereocenters. The number of carbonyl (C=O) groups is 3. The van der Waals surface area contributed by atoms with E-state index in [0.29, 0.717) is 31.8 Å². The summed E-state index contributed by atoms with van der Waals surface area (Å²) in [5.74, 6) is -0.470. The van der Waals surface area contributed by atoms with Crippen LogP contribution in [0.25, 0.3) is 0 Å². The number of nitrogens with one attached hydrogen (secondary N) is 1. The number of ether oxygens (including phenoxy) is 1. The molecular weight excluding hydrogens is 272 g/mol. The van der Waals surface area contributed by atoms with Gasteiger partial charge in [0.05, 0.1) is 6.61 Å². The van der Waals surface area contributed by atoms with Gasteiger partial charge in [-0.2, -0.15) is 0 Å². The lowest BCUT2D eigenvalue weighted by molar-refractivity contribution is -0.139. The van der Waals surface area contributed by atoms with Crippen molar-refractivity contribution in [3.8, 4) is 0 Å². The van der Waals surface area contributed by atoms with Crippen molar-refractivity contribution in [2.45, 2.75) is 40.0 Å². The van der Waals surface area contributed by atoms with Gasteiger partial charge in [-0.05, 0) is 26.2 Å². The summed E-state index contributed by atoms with van der Waals surface area (Å²) in [5.41, 5.74) is 0.399. The number of nitrogens with zero attached hydrogens (tertiary/aromatic N) is 1. The summed E-state index contributed by atoms with van der Waals surface area (Å²) >= 11 is 0. The first-order valence-corrected chi connectivity index (χ1v) is 7.17. The van der Waals surface area contributed by atoms with E-state index in [4.69, 9.17) is 4.74 Å². The largest absolute Gasteiger partial charge is 0.462 e. The summed E-state index contributed by atoms with van der Waals surface area (Å²) < 4.78 is 4.98. The zero-order valence-electron chi connectivity index (χ0n) is 13.2. The highest BCUT2D eigenvalue weighted by Crippen LogP contribution is 2.01. The molecule has 0 aromatic carbocycles. The SMILES string of the molecule is C=C(C)C(=O)OCCCCCN(CCNC(C)=O)C(C)=O. The lowest BCUT2D eigenvalue weighted by atomic mass is 10.2. The Morgan fingerprint density at radius 2 is 1.71 bits per heavy atom. The molecule has 0 radical (unpaired) electrons. The van der Waals surface area contributed by atoms with Crippen molar-refractivity contribution in [3.63, 3.8) is 0 Å². The molecule has 0 aromatic rings. The third-order valence-electron chi connectivity index (χ3n) is 2.85. The second kappa shape index (κ2) is 10.9. The molecule has 0 spiro atoms. The fraction of sp³-hybridized carbons (Fsp3) is 0.667. The third kappa shape index (κ3) is 10.6. The number of hydrogen-bond donors (Lipinski definition) is 1. The first-order chi connectivity index (χ1) is 9.84. The topological polar surface area (TPSA) is 75.7 Å². The van der Waals surface area contributed by atoms with Gasteiger partial charge >= 0.3 is 5.97 Å². The number of unbranched alkanes of at least 4 members (excludes halogenated alkanes) is 2. The van der Waals surface area contributed by atoms with E-state index in [1.165, 1.54) is 13.8 Å². The molecule has 0 aliphatic rings. The molecule has 0 atom stereocenters. The summed E-state index contributed by atoms with van der Waals surface area (Å²) in [6.45, 7) is 10.1. The first kappa shape index (κ1) is 19.1. The molecule has 0 saturated heterocycles. The van der Waals surface area contributed by atoms with Crippen molar-refractivity contribution in [3.05, 3.63) is 12.2 Å². The van der Waals surface area contributed by atoms with Gasteiger partial charge in [0.2, 0.25) is 11.8 Å². The zero-order chi connectivity index (χ0) is 16.3. The fourth-order valence-electron chi connectivity index (χ4n) is 1.66. The molecule has 0 heterocycles. The van der Waals surface area contributed by atoms with Gasteiger partial charge in [-0.1, -0.05) is 6.58 Å². The summed E-state index contributed by atoms with van der Waals surface area (Å²) in [7, 11) is 0. The number of esters is 1. The Balaban J connectivity index is 3.74. The van der Waals surface area contributed by atoms with Gasteiger partial charge in [0.25, 0.3) is 0 Å². The highest BCUT2D eigenvalue weighted by atomic mass is 16.5. The van der Waals surface area contributed by atoms with Crippen molar-refractivity contribution in [2.75, 3.05) is 26.2 Å². The van der Waals surface area contributed by atoms with Crippen LogP contribution in [0.4, 0.5) is 0 Å². The quantitative estimate of drug-likeness (QED) is 0.374. The van der Waals surface area contributed by atoms with E-state index in [-0.39, 0.29) is 17.8 Å². The van der Waals surface area contributed by atoms with Gasteiger partial charge in [0, 0.05) is 39.1 Å². The van der Waals surface area contributed by atoms with Crippen LogP contribution in [-0.4, -0.2) is 48.9 Å². The Morgan fingerprint density at radius 3 is 2.24 bits per heavy atom. The van der Waals surface area contributed by atoms with Gasteiger partial charge in [0.1, 0.15) is 0 Å². The van der Waals surface area contributed by atoms with Crippen molar-refractivity contribution in [1.82, 2.24) is 10.2 Å². The number of hydrogen-bond acceptors (Lipinski definition) is 4. The molecule has 0 saturated carbocycles. The summed E-state index contributed by atoms with van der Waals surface area (Å²) in [6, 6.07) is 0. The van der Waals surface area contributed by atoms with E-state index in [1.807, 2.05) is 0 Å². The maximum atomic E-state index is 11.4. The minimum absolute atomic E-state index is 0.00550. The van der Waals surface area contributed by atoms with Gasteiger partial charge in [-0.25, -0.2) is 4.79 Å². The molecule has 21 heavy (non-hydrogen) atoms. The molecule has 1 N–H and O–H groups in total. The monoisotopic (exact) mass is 298 g/mol. The Morgan fingerprint density at radius 1 is 1.05 bits per heavy atom. The molecule has 120 valence electrons. The van der Waals surface area contributed by atoms with Crippen LogP contribution in [0.2, 0.25) is 0 Å². The van der Waals surface area contributed by atoms with Crippen LogP contribution in [0.15, 0.2) is 12.2 Å².